The number of thioether (sulfide) groups is 1. The van der Waals surface area contributed by atoms with Gasteiger partial charge < -0.3 is 16.0 Å². The van der Waals surface area contributed by atoms with Crippen LogP contribution in [0.5, 0.6) is 0 Å². The van der Waals surface area contributed by atoms with Crippen LogP contribution in [0.1, 0.15) is 39.2 Å². The first-order valence-corrected chi connectivity index (χ1v) is 13.2. The van der Waals surface area contributed by atoms with Crippen LogP contribution in [0.25, 0.3) is 0 Å². The molecule has 0 fully saturated rings. The number of hydrogen-bond donors (Lipinski definition) is 4. The molecule has 37 heavy (non-hydrogen) atoms. The monoisotopic (exact) mass is 528 g/mol. The molecule has 2 atom stereocenters. The van der Waals surface area contributed by atoms with Crippen molar-refractivity contribution in [3.8, 4) is 0 Å². The van der Waals surface area contributed by atoms with Crippen molar-refractivity contribution in [2.75, 3.05) is 18.1 Å². The van der Waals surface area contributed by atoms with E-state index < -0.39 is 29.8 Å². The lowest BCUT2D eigenvalue weighted by atomic mass is 9.98. The molecule has 0 unspecified atom stereocenters. The summed E-state index contributed by atoms with van der Waals surface area (Å²) in [4.78, 5) is 50.3. The number of hydroxylamine groups is 2. The first-order valence-electron chi connectivity index (χ1n) is 12.2. The van der Waals surface area contributed by atoms with E-state index in [1.54, 1.807) is 12.1 Å². The second-order valence-electron chi connectivity index (χ2n) is 9.14. The standard InChI is InChI=1S/C27H36N4O5S/c1-18(2)10-11-21(17-37-23-14-12-22(13-15-23)29-19(3)32)26(34)31(36)27(35)30-24(25(33)28-4)16-20-8-6-5-7-9-20/h5-9,12-15,18,21,24,36H,10-11,16-17H2,1-4H3,(H,28,33)(H,29,32)(H,30,35)/t21-,24+/m1/s1. The summed E-state index contributed by atoms with van der Waals surface area (Å²) in [5, 5.41) is 18.3. The molecule has 5 amide bonds. The predicted octanol–water partition coefficient (Wildman–Crippen LogP) is 4.07. The highest BCUT2D eigenvalue weighted by molar-refractivity contribution is 7.99. The number of rotatable bonds is 12. The van der Waals surface area contributed by atoms with E-state index in [1.807, 2.05) is 56.3 Å². The topological polar surface area (TPSA) is 128 Å². The van der Waals surface area contributed by atoms with E-state index in [0.717, 1.165) is 16.9 Å². The Morgan fingerprint density at radius 2 is 1.62 bits per heavy atom. The lowest BCUT2D eigenvalue weighted by Gasteiger charge is -2.24. The SMILES string of the molecule is CNC(=O)[C@H](Cc1ccccc1)NC(=O)N(O)C(=O)[C@H](CCC(C)C)CSc1ccc(NC(C)=O)cc1. The highest BCUT2D eigenvalue weighted by Crippen LogP contribution is 2.26. The molecule has 0 aliphatic carbocycles. The number of nitrogens with one attached hydrogen (secondary N) is 3. The fraction of sp³-hybridized carbons (Fsp3) is 0.407. The van der Waals surface area contributed by atoms with Crippen molar-refractivity contribution in [1.29, 1.82) is 0 Å². The maximum Gasteiger partial charge on any atom is 0.349 e. The van der Waals surface area contributed by atoms with E-state index in [1.165, 1.54) is 25.7 Å². The number of anilines is 1. The Bertz CT molecular complexity index is 1050. The summed E-state index contributed by atoms with van der Waals surface area (Å²) >= 11 is 1.42. The largest absolute Gasteiger partial charge is 0.357 e. The summed E-state index contributed by atoms with van der Waals surface area (Å²) in [6, 6.07) is 14.3. The van der Waals surface area contributed by atoms with Crippen LogP contribution in [0.2, 0.25) is 0 Å². The Labute approximate surface area is 222 Å². The number of carbonyl (C=O) groups is 4. The Kier molecular flexibility index (Phi) is 12.1. The fourth-order valence-corrected chi connectivity index (χ4v) is 4.60. The molecule has 0 saturated carbocycles. The summed E-state index contributed by atoms with van der Waals surface area (Å²) in [6.45, 7) is 5.51. The van der Waals surface area contributed by atoms with Crippen LogP contribution in [-0.2, 0) is 20.8 Å². The first kappa shape index (κ1) is 29.9. The summed E-state index contributed by atoms with van der Waals surface area (Å²) < 4.78 is 0. The molecule has 0 bridgehead atoms. The third-order valence-corrected chi connectivity index (χ3v) is 6.79. The fourth-order valence-electron chi connectivity index (χ4n) is 3.56. The molecule has 200 valence electrons. The van der Waals surface area contributed by atoms with Gasteiger partial charge in [0.15, 0.2) is 0 Å². The third-order valence-electron chi connectivity index (χ3n) is 5.61. The lowest BCUT2D eigenvalue weighted by Crippen LogP contribution is -2.53. The molecule has 0 heterocycles. The Balaban J connectivity index is 2.07. The van der Waals surface area contributed by atoms with Gasteiger partial charge in [-0.1, -0.05) is 50.6 Å². The molecule has 0 saturated heterocycles. The van der Waals surface area contributed by atoms with Gasteiger partial charge in [0.05, 0.1) is 5.92 Å². The Morgan fingerprint density at radius 1 is 0.973 bits per heavy atom. The van der Waals surface area contributed by atoms with E-state index in [-0.39, 0.29) is 17.4 Å². The number of carbonyl (C=O) groups excluding carboxylic acids is 4. The molecular weight excluding hydrogens is 492 g/mol. The minimum absolute atomic E-state index is 0.0896. The van der Waals surface area contributed by atoms with Crippen LogP contribution < -0.4 is 16.0 Å². The number of likely N-dealkylation sites (N-methyl/N-ethyl adjacent to an activating group) is 1. The number of amides is 5. The van der Waals surface area contributed by atoms with Crippen molar-refractivity contribution in [3.05, 3.63) is 60.2 Å². The van der Waals surface area contributed by atoms with Gasteiger partial charge >= 0.3 is 6.03 Å². The minimum Gasteiger partial charge on any atom is -0.357 e. The summed E-state index contributed by atoms with van der Waals surface area (Å²) in [6.07, 6.45) is 1.43. The van der Waals surface area contributed by atoms with Gasteiger partial charge in [-0.3, -0.25) is 19.6 Å². The maximum absolute atomic E-state index is 13.1. The van der Waals surface area contributed by atoms with Crippen molar-refractivity contribution in [2.24, 2.45) is 11.8 Å². The van der Waals surface area contributed by atoms with E-state index in [9.17, 15) is 24.4 Å². The molecular formula is C27H36N4O5S. The summed E-state index contributed by atoms with van der Waals surface area (Å²) in [5.41, 5.74) is 1.49. The van der Waals surface area contributed by atoms with Gasteiger partial charge in [0.25, 0.3) is 5.91 Å². The van der Waals surface area contributed by atoms with Gasteiger partial charge in [-0.2, -0.15) is 0 Å². The van der Waals surface area contributed by atoms with Crippen LogP contribution in [0.4, 0.5) is 10.5 Å². The third kappa shape index (κ3) is 10.3. The molecule has 0 aromatic heterocycles. The van der Waals surface area contributed by atoms with Gasteiger partial charge in [0, 0.05) is 36.7 Å². The molecule has 0 aliphatic rings. The zero-order chi connectivity index (χ0) is 27.4. The van der Waals surface area contributed by atoms with E-state index in [4.69, 9.17) is 0 Å². The van der Waals surface area contributed by atoms with Gasteiger partial charge in [0.2, 0.25) is 11.8 Å². The number of imide groups is 1. The lowest BCUT2D eigenvalue weighted by molar-refractivity contribution is -0.157. The molecule has 0 aliphatic heterocycles. The van der Waals surface area contributed by atoms with E-state index in [2.05, 4.69) is 16.0 Å². The quantitative estimate of drug-likeness (QED) is 0.187. The van der Waals surface area contributed by atoms with Crippen molar-refractivity contribution in [3.63, 3.8) is 0 Å². The average Bonchev–Trinajstić information content (AvgIpc) is 2.88. The highest BCUT2D eigenvalue weighted by atomic mass is 32.2. The van der Waals surface area contributed by atoms with Crippen LogP contribution in [-0.4, -0.2) is 52.9 Å². The average molecular weight is 529 g/mol. The van der Waals surface area contributed by atoms with Crippen LogP contribution in [0.3, 0.4) is 0 Å². The number of benzene rings is 2. The van der Waals surface area contributed by atoms with Crippen LogP contribution in [0, 0.1) is 11.8 Å². The van der Waals surface area contributed by atoms with Gasteiger partial charge in [0.1, 0.15) is 6.04 Å². The van der Waals surface area contributed by atoms with Crippen molar-refractivity contribution in [1.82, 2.24) is 15.7 Å². The van der Waals surface area contributed by atoms with E-state index >= 15 is 0 Å². The zero-order valence-electron chi connectivity index (χ0n) is 21.7. The zero-order valence-corrected chi connectivity index (χ0v) is 22.5. The molecule has 0 spiro atoms. The molecule has 0 radical (unpaired) electrons. The minimum atomic E-state index is -1.05. The molecule has 10 heteroatoms. The summed E-state index contributed by atoms with van der Waals surface area (Å²) in [7, 11) is 1.45. The number of urea groups is 1. The molecule has 4 N–H and O–H groups in total. The van der Waals surface area contributed by atoms with Crippen molar-refractivity contribution < 1.29 is 24.4 Å². The van der Waals surface area contributed by atoms with Gasteiger partial charge in [-0.15, -0.1) is 16.8 Å². The number of hydrogen-bond acceptors (Lipinski definition) is 6. The molecule has 2 aromatic carbocycles. The number of nitrogens with zero attached hydrogens (tertiary/aromatic N) is 1. The van der Waals surface area contributed by atoms with Crippen molar-refractivity contribution >= 4 is 41.2 Å². The predicted molar refractivity (Wildman–Crippen MR) is 144 cm³/mol. The maximum atomic E-state index is 13.1. The second-order valence-corrected chi connectivity index (χ2v) is 10.2. The highest BCUT2D eigenvalue weighted by Gasteiger charge is 2.31. The smallest absolute Gasteiger partial charge is 0.349 e. The van der Waals surface area contributed by atoms with Crippen molar-refractivity contribution in [2.45, 2.75) is 51.0 Å². The Hall–Kier alpha value is -3.37. The van der Waals surface area contributed by atoms with Gasteiger partial charge in [-0.25, -0.2) is 4.79 Å². The second kappa shape index (κ2) is 15.0. The summed E-state index contributed by atoms with van der Waals surface area (Å²) in [5.74, 6) is -1.27. The molecule has 2 aromatic rings. The normalized spacial score (nSPS) is 12.4. The van der Waals surface area contributed by atoms with Crippen LogP contribution in [0.15, 0.2) is 59.5 Å². The van der Waals surface area contributed by atoms with E-state index in [0.29, 0.717) is 23.8 Å². The molecule has 2 rings (SSSR count). The molecule has 9 nitrogen and oxygen atoms in total. The Morgan fingerprint density at radius 3 is 2.19 bits per heavy atom. The first-order chi connectivity index (χ1) is 17.6. The van der Waals surface area contributed by atoms with Gasteiger partial charge in [-0.05, 0) is 42.2 Å². The van der Waals surface area contributed by atoms with Crippen LogP contribution >= 0.6 is 11.8 Å².